The van der Waals surface area contributed by atoms with Crippen molar-refractivity contribution in [1.82, 2.24) is 5.32 Å². The topological polar surface area (TPSA) is 75.6 Å². The van der Waals surface area contributed by atoms with E-state index in [1.54, 1.807) is 12.1 Å². The number of amides is 1. The Kier molecular flexibility index (Phi) is 5.47. The molecule has 0 saturated heterocycles. The van der Waals surface area contributed by atoms with E-state index in [1.807, 2.05) is 36.4 Å². The van der Waals surface area contributed by atoms with E-state index >= 15 is 0 Å². The number of carboxylic acids is 1. The van der Waals surface area contributed by atoms with Crippen LogP contribution in [0.15, 0.2) is 48.5 Å². The molecular weight excluding hydrogens is 354 g/mol. The molecule has 0 aliphatic heterocycles. The Morgan fingerprint density at radius 2 is 1.73 bits per heavy atom. The second-order valence-corrected chi connectivity index (χ2v) is 6.86. The van der Waals surface area contributed by atoms with E-state index in [1.165, 1.54) is 0 Å². The number of carbonyl (C=O) groups is 2. The predicted molar refractivity (Wildman–Crippen MR) is 98.7 cm³/mol. The summed E-state index contributed by atoms with van der Waals surface area (Å²) in [7, 11) is 0. The molecule has 0 atom stereocenters. The number of aliphatic carboxylic acids is 1. The molecule has 0 unspecified atom stereocenters. The zero-order chi connectivity index (χ0) is 18.6. The lowest BCUT2D eigenvalue weighted by atomic mass is 9.95. The first-order chi connectivity index (χ1) is 12.5. The second-order valence-electron chi connectivity index (χ2n) is 6.42. The van der Waals surface area contributed by atoms with Gasteiger partial charge in [0.15, 0.2) is 6.61 Å². The van der Waals surface area contributed by atoms with Crippen molar-refractivity contribution in [2.45, 2.75) is 24.7 Å². The first-order valence-corrected chi connectivity index (χ1v) is 8.85. The van der Waals surface area contributed by atoms with Crippen molar-refractivity contribution in [2.24, 2.45) is 0 Å². The third-order valence-corrected chi connectivity index (χ3v) is 4.82. The number of rotatable bonds is 8. The Hall–Kier alpha value is -2.53. The number of ether oxygens (including phenoxy) is 1. The van der Waals surface area contributed by atoms with Crippen molar-refractivity contribution in [3.63, 3.8) is 0 Å². The summed E-state index contributed by atoms with van der Waals surface area (Å²) >= 11 is 5.92. The summed E-state index contributed by atoms with van der Waals surface area (Å²) in [5.74, 6) is -0.437. The summed E-state index contributed by atoms with van der Waals surface area (Å²) in [6, 6.07) is 14.7. The van der Waals surface area contributed by atoms with Crippen LogP contribution in [0.4, 0.5) is 0 Å². The van der Waals surface area contributed by atoms with Crippen molar-refractivity contribution in [2.75, 3.05) is 13.2 Å². The van der Waals surface area contributed by atoms with Crippen LogP contribution in [0.25, 0.3) is 0 Å². The largest absolute Gasteiger partial charge is 0.482 e. The van der Waals surface area contributed by atoms with E-state index < -0.39 is 11.4 Å². The molecule has 3 rings (SSSR count). The van der Waals surface area contributed by atoms with Gasteiger partial charge in [0, 0.05) is 11.6 Å². The van der Waals surface area contributed by atoms with Crippen LogP contribution >= 0.6 is 11.6 Å². The maximum Gasteiger partial charge on any atom is 0.341 e. The van der Waals surface area contributed by atoms with Crippen molar-refractivity contribution >= 4 is 23.5 Å². The standard InChI is InChI=1S/C20H20ClNO4/c21-16-5-3-15(4-6-16)20(10-11-20)19(25)22-12-9-14-1-7-17(8-2-14)26-13-18(23)24/h1-8H,9-13H2,(H,22,25)(H,23,24). The SMILES string of the molecule is O=C(O)COc1ccc(CCNC(=O)C2(c3ccc(Cl)cc3)CC2)cc1. The zero-order valence-electron chi connectivity index (χ0n) is 14.2. The highest BCUT2D eigenvalue weighted by Gasteiger charge is 2.50. The van der Waals surface area contributed by atoms with Crippen LogP contribution < -0.4 is 10.1 Å². The third-order valence-electron chi connectivity index (χ3n) is 4.57. The molecule has 1 aliphatic carbocycles. The van der Waals surface area contributed by atoms with Crippen LogP contribution in [0.1, 0.15) is 24.0 Å². The summed E-state index contributed by atoms with van der Waals surface area (Å²) in [4.78, 5) is 23.1. The molecule has 1 amide bonds. The Morgan fingerprint density at radius 3 is 2.31 bits per heavy atom. The molecular formula is C20H20ClNO4. The molecule has 0 heterocycles. The van der Waals surface area contributed by atoms with E-state index in [0.717, 1.165) is 24.0 Å². The summed E-state index contributed by atoms with van der Waals surface area (Å²) < 4.78 is 5.10. The minimum atomic E-state index is -1.01. The van der Waals surface area contributed by atoms with Gasteiger partial charge in [-0.1, -0.05) is 35.9 Å². The molecule has 2 aromatic rings. The Morgan fingerprint density at radius 1 is 1.08 bits per heavy atom. The normalized spacial score (nSPS) is 14.5. The number of hydrogen-bond acceptors (Lipinski definition) is 3. The number of carboxylic acid groups (broad SMARTS) is 1. The third kappa shape index (κ3) is 4.35. The number of benzene rings is 2. The molecule has 2 N–H and O–H groups in total. The Labute approximate surface area is 156 Å². The number of hydrogen-bond donors (Lipinski definition) is 2. The quantitative estimate of drug-likeness (QED) is 0.745. The van der Waals surface area contributed by atoms with Gasteiger partial charge in [0.05, 0.1) is 5.41 Å². The molecule has 6 heteroatoms. The van der Waals surface area contributed by atoms with Gasteiger partial charge in [-0.2, -0.15) is 0 Å². The first-order valence-electron chi connectivity index (χ1n) is 8.47. The lowest BCUT2D eigenvalue weighted by Gasteiger charge is -2.16. The molecule has 0 bridgehead atoms. The smallest absolute Gasteiger partial charge is 0.341 e. The molecule has 136 valence electrons. The van der Waals surface area contributed by atoms with E-state index in [0.29, 0.717) is 23.7 Å². The van der Waals surface area contributed by atoms with Gasteiger partial charge in [-0.15, -0.1) is 0 Å². The van der Waals surface area contributed by atoms with Gasteiger partial charge in [-0.25, -0.2) is 4.79 Å². The molecule has 0 aromatic heterocycles. The zero-order valence-corrected chi connectivity index (χ0v) is 15.0. The van der Waals surface area contributed by atoms with E-state index in [2.05, 4.69) is 5.32 Å². The van der Waals surface area contributed by atoms with Crippen LogP contribution in [0.2, 0.25) is 5.02 Å². The fourth-order valence-corrected chi connectivity index (χ4v) is 3.05. The van der Waals surface area contributed by atoms with Gasteiger partial charge < -0.3 is 15.2 Å². The Bertz CT molecular complexity index is 782. The molecule has 0 radical (unpaired) electrons. The van der Waals surface area contributed by atoms with Gasteiger partial charge in [-0.05, 0) is 54.7 Å². The van der Waals surface area contributed by atoms with Gasteiger partial charge in [0.2, 0.25) is 5.91 Å². The summed E-state index contributed by atoms with van der Waals surface area (Å²) in [5.41, 5.74) is 1.66. The summed E-state index contributed by atoms with van der Waals surface area (Å²) in [5, 5.41) is 12.3. The first kappa shape index (κ1) is 18.3. The fourth-order valence-electron chi connectivity index (χ4n) is 2.93. The van der Waals surface area contributed by atoms with Crippen LogP contribution in [0.5, 0.6) is 5.75 Å². The molecule has 5 nitrogen and oxygen atoms in total. The molecule has 1 saturated carbocycles. The van der Waals surface area contributed by atoms with E-state index in [9.17, 15) is 9.59 Å². The molecule has 2 aromatic carbocycles. The highest BCUT2D eigenvalue weighted by Crippen LogP contribution is 2.48. The lowest BCUT2D eigenvalue weighted by molar-refractivity contribution is -0.139. The van der Waals surface area contributed by atoms with Crippen LogP contribution in [-0.4, -0.2) is 30.1 Å². The minimum Gasteiger partial charge on any atom is -0.482 e. The molecule has 1 fully saturated rings. The van der Waals surface area contributed by atoms with Gasteiger partial charge >= 0.3 is 5.97 Å². The maximum atomic E-state index is 12.6. The van der Waals surface area contributed by atoms with Crippen molar-refractivity contribution in [3.8, 4) is 5.75 Å². The van der Waals surface area contributed by atoms with Crippen molar-refractivity contribution in [3.05, 3.63) is 64.7 Å². The molecule has 0 spiro atoms. The monoisotopic (exact) mass is 373 g/mol. The maximum absolute atomic E-state index is 12.6. The van der Waals surface area contributed by atoms with Gasteiger partial charge in [-0.3, -0.25) is 4.79 Å². The van der Waals surface area contributed by atoms with Crippen molar-refractivity contribution in [1.29, 1.82) is 0 Å². The van der Waals surface area contributed by atoms with E-state index in [-0.39, 0.29) is 12.5 Å². The van der Waals surface area contributed by atoms with Gasteiger partial charge in [0.1, 0.15) is 5.75 Å². The summed E-state index contributed by atoms with van der Waals surface area (Å²) in [6.07, 6.45) is 2.41. The van der Waals surface area contributed by atoms with Crippen LogP contribution in [-0.2, 0) is 21.4 Å². The average molecular weight is 374 g/mol. The van der Waals surface area contributed by atoms with E-state index in [4.69, 9.17) is 21.4 Å². The fraction of sp³-hybridized carbons (Fsp3) is 0.300. The predicted octanol–water partition coefficient (Wildman–Crippen LogP) is 3.19. The molecule has 1 aliphatic rings. The van der Waals surface area contributed by atoms with Gasteiger partial charge in [0.25, 0.3) is 0 Å². The number of carbonyl (C=O) groups excluding carboxylic acids is 1. The second kappa shape index (κ2) is 7.79. The van der Waals surface area contributed by atoms with Crippen LogP contribution in [0.3, 0.4) is 0 Å². The Balaban J connectivity index is 1.49. The summed E-state index contributed by atoms with van der Waals surface area (Å²) in [6.45, 7) is 0.186. The lowest BCUT2D eigenvalue weighted by Crippen LogP contribution is -2.35. The highest BCUT2D eigenvalue weighted by molar-refractivity contribution is 6.30. The van der Waals surface area contributed by atoms with Crippen molar-refractivity contribution < 1.29 is 19.4 Å². The minimum absolute atomic E-state index is 0.0567. The number of nitrogens with one attached hydrogen (secondary N) is 1. The number of halogens is 1. The highest BCUT2D eigenvalue weighted by atomic mass is 35.5. The molecule has 26 heavy (non-hydrogen) atoms. The van der Waals surface area contributed by atoms with Crippen LogP contribution in [0, 0.1) is 0 Å². The average Bonchev–Trinajstić information content (AvgIpc) is 3.43.